The molecule has 3 aromatic carbocycles. The molecule has 1 saturated heterocycles. The fourth-order valence-electron chi connectivity index (χ4n) is 3.70. The maximum absolute atomic E-state index is 13.6. The van der Waals surface area contributed by atoms with Crippen LogP contribution in [-0.2, 0) is 4.79 Å². The highest BCUT2D eigenvalue weighted by atomic mass is 32.2. The summed E-state index contributed by atoms with van der Waals surface area (Å²) < 4.78 is 21.9. The van der Waals surface area contributed by atoms with Crippen LogP contribution < -0.4 is 23.8 Å². The van der Waals surface area contributed by atoms with Gasteiger partial charge < -0.3 is 18.9 Å². The predicted molar refractivity (Wildman–Crippen MR) is 131 cm³/mol. The van der Waals surface area contributed by atoms with Crippen LogP contribution in [0.2, 0.25) is 0 Å². The van der Waals surface area contributed by atoms with Crippen LogP contribution in [0.1, 0.15) is 16.5 Å². The molecule has 170 valence electrons. The van der Waals surface area contributed by atoms with E-state index in [0.717, 1.165) is 22.6 Å². The quantitative estimate of drug-likeness (QED) is 0.429. The van der Waals surface area contributed by atoms with Crippen molar-refractivity contribution in [3.8, 4) is 23.0 Å². The van der Waals surface area contributed by atoms with Gasteiger partial charge >= 0.3 is 0 Å². The fraction of sp³-hybridized carbons (Fsp3) is 0.192. The van der Waals surface area contributed by atoms with Gasteiger partial charge in [0.2, 0.25) is 5.75 Å². The number of hydrogen-bond donors (Lipinski definition) is 0. The molecule has 1 amide bonds. The highest BCUT2D eigenvalue weighted by Crippen LogP contribution is 2.51. The van der Waals surface area contributed by atoms with Crippen LogP contribution in [0, 0.1) is 0 Å². The molecular weight excluding hydrogens is 438 g/mol. The summed E-state index contributed by atoms with van der Waals surface area (Å²) >= 11 is 1.49. The molecule has 7 heteroatoms. The second-order valence-electron chi connectivity index (χ2n) is 7.22. The number of carbonyl (C=O) groups is 1. The minimum absolute atomic E-state index is 0.0761. The summed E-state index contributed by atoms with van der Waals surface area (Å²) in [5.74, 6) is 2.23. The fourth-order valence-corrected chi connectivity index (χ4v) is 4.94. The lowest BCUT2D eigenvalue weighted by Crippen LogP contribution is -2.27. The van der Waals surface area contributed by atoms with Gasteiger partial charge in [-0.1, -0.05) is 42.1 Å². The number of thioether (sulfide) groups is 1. The van der Waals surface area contributed by atoms with Gasteiger partial charge in [0, 0.05) is 5.69 Å². The molecule has 1 aliphatic heterocycles. The molecule has 0 N–H and O–H groups in total. The van der Waals surface area contributed by atoms with E-state index in [0.29, 0.717) is 22.2 Å². The third kappa shape index (κ3) is 4.50. The van der Waals surface area contributed by atoms with Gasteiger partial charge in [0.25, 0.3) is 5.91 Å². The van der Waals surface area contributed by atoms with E-state index in [1.807, 2.05) is 72.8 Å². The lowest BCUT2D eigenvalue weighted by Gasteiger charge is -2.25. The zero-order chi connectivity index (χ0) is 23.4. The van der Waals surface area contributed by atoms with Gasteiger partial charge in [0.05, 0.1) is 33.3 Å². The molecule has 0 spiro atoms. The Morgan fingerprint density at radius 2 is 1.45 bits per heavy atom. The Morgan fingerprint density at radius 1 is 0.818 bits per heavy atom. The van der Waals surface area contributed by atoms with Gasteiger partial charge in [-0.2, -0.15) is 0 Å². The van der Waals surface area contributed by atoms with Crippen molar-refractivity contribution in [1.82, 2.24) is 0 Å². The van der Waals surface area contributed by atoms with E-state index < -0.39 is 0 Å². The van der Waals surface area contributed by atoms with E-state index >= 15 is 0 Å². The Kier molecular flexibility index (Phi) is 6.79. The normalized spacial score (nSPS) is 16.7. The SMILES string of the molecule is COc1ccc(N2C(=O)C(=Cc3ccccc3)SC2c2cc(OC)c(OC)c(OC)c2)cc1. The number of nitrogens with zero attached hydrogens (tertiary/aromatic N) is 1. The van der Waals surface area contributed by atoms with Crippen molar-refractivity contribution in [2.24, 2.45) is 0 Å². The van der Waals surface area contributed by atoms with Crippen LogP contribution in [0.3, 0.4) is 0 Å². The van der Waals surface area contributed by atoms with Gasteiger partial charge in [-0.3, -0.25) is 9.69 Å². The molecule has 0 saturated carbocycles. The van der Waals surface area contributed by atoms with Gasteiger partial charge in [-0.05, 0) is 53.6 Å². The number of anilines is 1. The van der Waals surface area contributed by atoms with E-state index in [-0.39, 0.29) is 11.3 Å². The summed E-state index contributed by atoms with van der Waals surface area (Å²) in [4.78, 5) is 16.0. The molecule has 1 unspecified atom stereocenters. The lowest BCUT2D eigenvalue weighted by molar-refractivity contribution is -0.114. The van der Waals surface area contributed by atoms with E-state index in [4.69, 9.17) is 18.9 Å². The van der Waals surface area contributed by atoms with Gasteiger partial charge in [-0.15, -0.1) is 0 Å². The summed E-state index contributed by atoms with van der Waals surface area (Å²) in [6.07, 6.45) is 1.92. The van der Waals surface area contributed by atoms with Crippen LogP contribution in [0.25, 0.3) is 6.08 Å². The van der Waals surface area contributed by atoms with Crippen molar-refractivity contribution in [1.29, 1.82) is 0 Å². The molecule has 6 nitrogen and oxygen atoms in total. The summed E-state index contributed by atoms with van der Waals surface area (Å²) in [6, 6.07) is 21.0. The van der Waals surface area contributed by atoms with Crippen molar-refractivity contribution < 1.29 is 23.7 Å². The Hall–Kier alpha value is -3.58. The largest absolute Gasteiger partial charge is 0.497 e. The number of hydrogen-bond acceptors (Lipinski definition) is 6. The first-order valence-electron chi connectivity index (χ1n) is 10.3. The van der Waals surface area contributed by atoms with Crippen LogP contribution in [0.5, 0.6) is 23.0 Å². The van der Waals surface area contributed by atoms with Crippen molar-refractivity contribution in [3.63, 3.8) is 0 Å². The number of amides is 1. The maximum Gasteiger partial charge on any atom is 0.266 e. The third-order valence-electron chi connectivity index (χ3n) is 5.32. The highest BCUT2D eigenvalue weighted by molar-refractivity contribution is 8.05. The van der Waals surface area contributed by atoms with E-state index in [1.54, 1.807) is 33.3 Å². The number of rotatable bonds is 7. The minimum Gasteiger partial charge on any atom is -0.497 e. The number of carbonyl (C=O) groups excluding carboxylic acids is 1. The highest BCUT2D eigenvalue weighted by Gasteiger charge is 2.39. The Balaban J connectivity index is 1.83. The molecule has 0 radical (unpaired) electrons. The summed E-state index contributed by atoms with van der Waals surface area (Å²) in [5.41, 5.74) is 2.59. The molecule has 0 aromatic heterocycles. The first-order valence-corrected chi connectivity index (χ1v) is 11.2. The van der Waals surface area contributed by atoms with E-state index in [9.17, 15) is 4.79 Å². The zero-order valence-corrected chi connectivity index (χ0v) is 19.7. The lowest BCUT2D eigenvalue weighted by atomic mass is 10.1. The molecular formula is C26H25NO5S. The zero-order valence-electron chi connectivity index (χ0n) is 18.9. The predicted octanol–water partition coefficient (Wildman–Crippen LogP) is 5.54. The van der Waals surface area contributed by atoms with E-state index in [2.05, 4.69) is 0 Å². The second-order valence-corrected chi connectivity index (χ2v) is 8.34. The standard InChI is InChI=1S/C26H25NO5S/c1-29-20-12-10-19(11-13-20)27-25(28)23(14-17-8-6-5-7-9-17)33-26(27)18-15-21(30-2)24(32-4)22(16-18)31-3/h5-16,26H,1-4H3. The number of ether oxygens (including phenoxy) is 4. The molecule has 0 bridgehead atoms. The van der Waals surface area contributed by atoms with Gasteiger partial charge in [0.15, 0.2) is 11.5 Å². The molecule has 1 fully saturated rings. The first-order chi connectivity index (χ1) is 16.1. The molecule has 1 heterocycles. The average Bonchev–Trinajstić information content (AvgIpc) is 3.19. The van der Waals surface area contributed by atoms with Crippen molar-refractivity contribution in [3.05, 3.63) is 82.8 Å². The molecule has 33 heavy (non-hydrogen) atoms. The second kappa shape index (κ2) is 9.92. The smallest absolute Gasteiger partial charge is 0.266 e. The van der Waals surface area contributed by atoms with Crippen molar-refractivity contribution >= 4 is 29.4 Å². The molecule has 1 atom stereocenters. The molecule has 3 aromatic rings. The Morgan fingerprint density at radius 3 is 2.00 bits per heavy atom. The van der Waals surface area contributed by atoms with Crippen LogP contribution >= 0.6 is 11.8 Å². The first kappa shape index (κ1) is 22.6. The van der Waals surface area contributed by atoms with Crippen LogP contribution in [0.15, 0.2) is 71.6 Å². The van der Waals surface area contributed by atoms with Crippen LogP contribution in [-0.4, -0.2) is 34.3 Å². The van der Waals surface area contributed by atoms with Crippen molar-refractivity contribution in [2.45, 2.75) is 5.37 Å². The van der Waals surface area contributed by atoms with Crippen molar-refractivity contribution in [2.75, 3.05) is 33.3 Å². The molecule has 0 aliphatic carbocycles. The third-order valence-corrected chi connectivity index (χ3v) is 6.58. The van der Waals surface area contributed by atoms with E-state index in [1.165, 1.54) is 11.8 Å². The average molecular weight is 464 g/mol. The topological polar surface area (TPSA) is 57.2 Å². The monoisotopic (exact) mass is 463 g/mol. The number of methoxy groups -OCH3 is 4. The number of benzene rings is 3. The van der Waals surface area contributed by atoms with Gasteiger partial charge in [-0.25, -0.2) is 0 Å². The summed E-state index contributed by atoms with van der Waals surface area (Å²) in [5, 5.41) is -0.324. The molecule has 4 rings (SSSR count). The Labute approximate surface area is 197 Å². The summed E-state index contributed by atoms with van der Waals surface area (Å²) in [6.45, 7) is 0. The molecule has 1 aliphatic rings. The minimum atomic E-state index is -0.324. The van der Waals surface area contributed by atoms with Gasteiger partial charge in [0.1, 0.15) is 11.1 Å². The maximum atomic E-state index is 13.6. The Bertz CT molecular complexity index is 1140. The summed E-state index contributed by atoms with van der Waals surface area (Å²) in [7, 11) is 6.34. The van der Waals surface area contributed by atoms with Crippen LogP contribution in [0.4, 0.5) is 5.69 Å².